The van der Waals surface area contributed by atoms with Gasteiger partial charge in [-0.15, -0.1) is 12.4 Å². The highest BCUT2D eigenvalue weighted by atomic mass is 35.5. The van der Waals surface area contributed by atoms with E-state index in [-0.39, 0.29) is 18.3 Å². The first-order valence-electron chi connectivity index (χ1n) is 7.25. The first-order chi connectivity index (χ1) is 9.17. The van der Waals surface area contributed by atoms with Crippen LogP contribution in [0.2, 0.25) is 0 Å². The van der Waals surface area contributed by atoms with E-state index >= 15 is 0 Å². The van der Waals surface area contributed by atoms with Crippen LogP contribution in [0.1, 0.15) is 50.6 Å². The van der Waals surface area contributed by atoms with Gasteiger partial charge >= 0.3 is 0 Å². The van der Waals surface area contributed by atoms with Gasteiger partial charge in [-0.2, -0.15) is 0 Å². The Labute approximate surface area is 127 Å². The van der Waals surface area contributed by atoms with E-state index < -0.39 is 6.04 Å². The van der Waals surface area contributed by atoms with Crippen LogP contribution in [0.5, 0.6) is 0 Å². The Hall–Kier alpha value is -1.06. The number of halogens is 1. The molecule has 0 spiro atoms. The van der Waals surface area contributed by atoms with Crippen molar-refractivity contribution in [1.82, 2.24) is 5.32 Å². The maximum atomic E-state index is 12.1. The van der Waals surface area contributed by atoms with Crippen LogP contribution in [0.3, 0.4) is 0 Å². The van der Waals surface area contributed by atoms with Crippen LogP contribution in [0.4, 0.5) is 0 Å². The van der Waals surface area contributed by atoms with Crippen LogP contribution < -0.4 is 11.1 Å². The smallest absolute Gasteiger partial charge is 0.241 e. The van der Waals surface area contributed by atoms with Crippen LogP contribution in [0.25, 0.3) is 0 Å². The molecule has 0 aromatic heterocycles. The number of benzene rings is 1. The van der Waals surface area contributed by atoms with Gasteiger partial charge in [0.1, 0.15) is 6.04 Å². The lowest BCUT2D eigenvalue weighted by molar-refractivity contribution is -0.123. The fourth-order valence-corrected chi connectivity index (χ4v) is 2.98. The van der Waals surface area contributed by atoms with E-state index in [1.807, 2.05) is 30.3 Å². The summed E-state index contributed by atoms with van der Waals surface area (Å²) in [5.41, 5.74) is 7.18. The third-order valence-corrected chi connectivity index (χ3v) is 4.49. The number of carbonyl (C=O) groups is 1. The van der Waals surface area contributed by atoms with Crippen LogP contribution in [0.15, 0.2) is 30.3 Å². The zero-order chi connectivity index (χ0) is 13.7. The third kappa shape index (κ3) is 3.97. The number of rotatable bonds is 5. The predicted molar refractivity (Wildman–Crippen MR) is 84.8 cm³/mol. The fraction of sp³-hybridized carbons (Fsp3) is 0.562. The van der Waals surface area contributed by atoms with Crippen LogP contribution in [-0.2, 0) is 4.79 Å². The molecule has 1 aliphatic rings. The van der Waals surface area contributed by atoms with Crippen molar-refractivity contribution >= 4 is 18.3 Å². The molecule has 1 fully saturated rings. The summed E-state index contributed by atoms with van der Waals surface area (Å²) in [5.74, 6) is -0.0640. The van der Waals surface area contributed by atoms with Gasteiger partial charge < -0.3 is 11.1 Å². The molecule has 20 heavy (non-hydrogen) atoms. The highest BCUT2D eigenvalue weighted by Gasteiger charge is 2.32. The van der Waals surface area contributed by atoms with E-state index in [1.54, 1.807) is 0 Å². The Balaban J connectivity index is 0.00000200. The standard InChI is InChI=1S/C16H24N2O.ClH/c1-2-16(10-6-7-11-16)12-18-15(19)14(17)13-8-4-3-5-9-13;/h3-5,8-9,14H,2,6-7,10-12,17H2,1H3,(H,18,19);1H. The normalized spacial score (nSPS) is 18.1. The lowest BCUT2D eigenvalue weighted by atomic mass is 9.83. The van der Waals surface area contributed by atoms with E-state index in [1.165, 1.54) is 25.7 Å². The number of nitrogens with two attached hydrogens (primary N) is 1. The van der Waals surface area contributed by atoms with E-state index in [9.17, 15) is 4.79 Å². The van der Waals surface area contributed by atoms with Gasteiger partial charge in [-0.1, -0.05) is 50.1 Å². The Kier molecular flexibility index (Phi) is 6.50. The maximum absolute atomic E-state index is 12.1. The molecule has 0 saturated heterocycles. The van der Waals surface area contributed by atoms with Gasteiger partial charge in [-0.05, 0) is 30.2 Å². The molecular weight excluding hydrogens is 272 g/mol. The second-order valence-electron chi connectivity index (χ2n) is 5.67. The van der Waals surface area contributed by atoms with Crippen LogP contribution in [-0.4, -0.2) is 12.5 Å². The van der Waals surface area contributed by atoms with E-state index in [0.717, 1.165) is 18.5 Å². The molecule has 0 bridgehead atoms. The van der Waals surface area contributed by atoms with E-state index in [4.69, 9.17) is 5.73 Å². The molecule has 1 aliphatic carbocycles. The van der Waals surface area contributed by atoms with Crippen LogP contribution in [0, 0.1) is 5.41 Å². The Morgan fingerprint density at radius 1 is 1.30 bits per heavy atom. The van der Waals surface area contributed by atoms with Gasteiger partial charge in [0.25, 0.3) is 0 Å². The zero-order valence-corrected chi connectivity index (χ0v) is 12.9. The van der Waals surface area contributed by atoms with E-state index in [0.29, 0.717) is 5.41 Å². The lowest BCUT2D eigenvalue weighted by Gasteiger charge is -2.28. The number of hydrogen-bond donors (Lipinski definition) is 2. The van der Waals surface area contributed by atoms with Gasteiger partial charge in [0, 0.05) is 6.54 Å². The first-order valence-corrected chi connectivity index (χ1v) is 7.25. The van der Waals surface area contributed by atoms with Gasteiger partial charge in [0.15, 0.2) is 0 Å². The molecule has 3 N–H and O–H groups in total. The average molecular weight is 297 g/mol. The molecule has 112 valence electrons. The van der Waals surface area contributed by atoms with Crippen LogP contribution >= 0.6 is 12.4 Å². The maximum Gasteiger partial charge on any atom is 0.241 e. The summed E-state index contributed by atoms with van der Waals surface area (Å²) in [4.78, 5) is 12.1. The van der Waals surface area contributed by atoms with Crippen molar-refractivity contribution in [3.63, 3.8) is 0 Å². The Morgan fingerprint density at radius 3 is 2.45 bits per heavy atom. The summed E-state index contributed by atoms with van der Waals surface area (Å²) in [6, 6.07) is 8.99. The molecule has 0 heterocycles. The van der Waals surface area contributed by atoms with Crippen molar-refractivity contribution in [2.24, 2.45) is 11.1 Å². The molecule has 1 unspecified atom stereocenters. The minimum absolute atomic E-state index is 0. The minimum Gasteiger partial charge on any atom is -0.354 e. The Bertz CT molecular complexity index is 416. The van der Waals surface area contributed by atoms with Crippen molar-refractivity contribution in [3.05, 3.63) is 35.9 Å². The predicted octanol–water partition coefficient (Wildman–Crippen LogP) is 3.19. The first kappa shape index (κ1) is 17.0. The summed E-state index contributed by atoms with van der Waals surface area (Å²) in [6.07, 6.45) is 6.16. The SMILES string of the molecule is CCC1(CNC(=O)C(N)c2ccccc2)CCCC1.Cl. The summed E-state index contributed by atoms with van der Waals surface area (Å²) in [5, 5.41) is 3.05. The number of amides is 1. The van der Waals surface area contributed by atoms with Crippen molar-refractivity contribution in [3.8, 4) is 0 Å². The molecule has 0 radical (unpaired) electrons. The third-order valence-electron chi connectivity index (χ3n) is 4.49. The highest BCUT2D eigenvalue weighted by molar-refractivity contribution is 5.85. The second kappa shape index (κ2) is 7.65. The monoisotopic (exact) mass is 296 g/mol. The number of nitrogens with one attached hydrogen (secondary N) is 1. The molecule has 1 amide bonds. The molecule has 2 rings (SSSR count). The summed E-state index contributed by atoms with van der Waals surface area (Å²) in [6.45, 7) is 2.98. The number of hydrogen-bond acceptors (Lipinski definition) is 2. The largest absolute Gasteiger partial charge is 0.354 e. The molecular formula is C16H25ClN2O. The topological polar surface area (TPSA) is 55.1 Å². The highest BCUT2D eigenvalue weighted by Crippen LogP contribution is 2.40. The minimum atomic E-state index is -0.559. The molecule has 1 aromatic rings. The van der Waals surface area contributed by atoms with Crippen molar-refractivity contribution in [2.75, 3.05) is 6.54 Å². The molecule has 4 heteroatoms. The van der Waals surface area contributed by atoms with Crippen molar-refractivity contribution < 1.29 is 4.79 Å². The molecule has 0 aliphatic heterocycles. The average Bonchev–Trinajstić information content (AvgIpc) is 2.94. The molecule has 1 saturated carbocycles. The molecule has 1 atom stereocenters. The van der Waals surface area contributed by atoms with E-state index in [2.05, 4.69) is 12.2 Å². The molecule has 3 nitrogen and oxygen atoms in total. The van der Waals surface area contributed by atoms with Gasteiger partial charge in [0.05, 0.1) is 0 Å². The fourth-order valence-electron chi connectivity index (χ4n) is 2.98. The number of carbonyl (C=O) groups excluding carboxylic acids is 1. The molecule has 1 aromatic carbocycles. The summed E-state index contributed by atoms with van der Waals surface area (Å²) >= 11 is 0. The van der Waals surface area contributed by atoms with Crippen molar-refractivity contribution in [2.45, 2.75) is 45.1 Å². The summed E-state index contributed by atoms with van der Waals surface area (Å²) < 4.78 is 0. The van der Waals surface area contributed by atoms with Crippen molar-refractivity contribution in [1.29, 1.82) is 0 Å². The van der Waals surface area contributed by atoms with Gasteiger partial charge in [-0.25, -0.2) is 0 Å². The summed E-state index contributed by atoms with van der Waals surface area (Å²) in [7, 11) is 0. The zero-order valence-electron chi connectivity index (χ0n) is 12.1. The second-order valence-corrected chi connectivity index (χ2v) is 5.67. The Morgan fingerprint density at radius 2 is 1.90 bits per heavy atom. The lowest BCUT2D eigenvalue weighted by Crippen LogP contribution is -2.40. The van der Waals surface area contributed by atoms with Gasteiger partial charge in [0.2, 0.25) is 5.91 Å². The van der Waals surface area contributed by atoms with Gasteiger partial charge in [-0.3, -0.25) is 4.79 Å². The quantitative estimate of drug-likeness (QED) is 0.877.